The molecule has 10 heteroatoms. The Morgan fingerprint density at radius 2 is 1.94 bits per heavy atom. The Morgan fingerprint density at radius 1 is 1.15 bits per heavy atom. The lowest BCUT2D eigenvalue weighted by atomic mass is 9.95. The van der Waals surface area contributed by atoms with Crippen molar-refractivity contribution in [2.24, 2.45) is 12.5 Å². The molecule has 3 aromatic rings. The third-order valence-corrected chi connectivity index (χ3v) is 8.18. The molecule has 34 heavy (non-hydrogen) atoms. The van der Waals surface area contributed by atoms with Gasteiger partial charge in [-0.1, -0.05) is 30.0 Å². The summed E-state index contributed by atoms with van der Waals surface area (Å²) in [6.07, 6.45) is 1.83. The molecule has 0 unspecified atom stereocenters. The largest absolute Gasteiger partial charge is 0.416 e. The van der Waals surface area contributed by atoms with E-state index < -0.39 is 11.7 Å². The third-order valence-electron chi connectivity index (χ3n) is 7.07. The number of aromatic nitrogens is 5. The highest BCUT2D eigenvalue weighted by molar-refractivity contribution is 7.99. The molecule has 0 amide bonds. The number of likely N-dealkylation sites (tertiary alicyclic amines) is 1. The van der Waals surface area contributed by atoms with Gasteiger partial charge in [-0.25, -0.2) is 4.98 Å². The molecular weight excluding hydrogens is 461 g/mol. The SMILES string of the molecule is Cc1nccnc1-c1nnc(SCCCN2CC[C@]3(C[C@@H]3c3ccccc3C(F)(F)F)C2)n1C. The van der Waals surface area contributed by atoms with Gasteiger partial charge in [-0.3, -0.25) is 4.98 Å². The highest BCUT2D eigenvalue weighted by Crippen LogP contribution is 2.65. The van der Waals surface area contributed by atoms with Crippen LogP contribution in [0.4, 0.5) is 13.2 Å². The van der Waals surface area contributed by atoms with Crippen LogP contribution in [0.2, 0.25) is 0 Å². The summed E-state index contributed by atoms with van der Waals surface area (Å²) in [5.74, 6) is 1.62. The Morgan fingerprint density at radius 3 is 2.74 bits per heavy atom. The predicted octanol–water partition coefficient (Wildman–Crippen LogP) is 4.96. The molecule has 2 fully saturated rings. The second-order valence-electron chi connectivity index (χ2n) is 9.29. The molecule has 2 aromatic heterocycles. The van der Waals surface area contributed by atoms with Crippen LogP contribution in [0.25, 0.3) is 11.5 Å². The maximum absolute atomic E-state index is 13.4. The Bertz CT molecular complexity index is 1180. The molecule has 1 saturated heterocycles. The zero-order chi connectivity index (χ0) is 23.9. The minimum absolute atomic E-state index is 0.0154. The molecule has 1 aliphatic heterocycles. The van der Waals surface area contributed by atoms with Gasteiger partial charge in [0.15, 0.2) is 11.0 Å². The van der Waals surface area contributed by atoms with Crippen molar-refractivity contribution in [2.45, 2.75) is 43.4 Å². The Labute approximate surface area is 201 Å². The first-order valence-corrected chi connectivity index (χ1v) is 12.5. The first-order valence-electron chi connectivity index (χ1n) is 11.5. The van der Waals surface area contributed by atoms with Crippen LogP contribution in [0.15, 0.2) is 41.8 Å². The Kier molecular flexibility index (Phi) is 6.14. The summed E-state index contributed by atoms with van der Waals surface area (Å²) in [4.78, 5) is 11.0. The summed E-state index contributed by atoms with van der Waals surface area (Å²) in [7, 11) is 1.93. The van der Waals surface area contributed by atoms with Crippen molar-refractivity contribution in [1.82, 2.24) is 29.6 Å². The monoisotopic (exact) mass is 488 g/mol. The quantitative estimate of drug-likeness (QED) is 0.346. The summed E-state index contributed by atoms with van der Waals surface area (Å²) < 4.78 is 42.3. The van der Waals surface area contributed by atoms with Crippen LogP contribution in [0.3, 0.4) is 0 Å². The lowest BCUT2D eigenvalue weighted by molar-refractivity contribution is -0.138. The molecule has 0 radical (unpaired) electrons. The fourth-order valence-electron chi connectivity index (χ4n) is 5.20. The average molecular weight is 489 g/mol. The Hall–Kier alpha value is -2.46. The van der Waals surface area contributed by atoms with Crippen molar-refractivity contribution in [2.75, 3.05) is 25.4 Å². The first-order chi connectivity index (χ1) is 16.3. The molecule has 1 saturated carbocycles. The van der Waals surface area contributed by atoms with Crippen LogP contribution in [0, 0.1) is 12.3 Å². The number of hydrogen-bond acceptors (Lipinski definition) is 6. The predicted molar refractivity (Wildman–Crippen MR) is 124 cm³/mol. The van der Waals surface area contributed by atoms with E-state index in [-0.39, 0.29) is 11.3 Å². The van der Waals surface area contributed by atoms with Crippen molar-refractivity contribution in [1.29, 1.82) is 0 Å². The van der Waals surface area contributed by atoms with Gasteiger partial charge in [-0.2, -0.15) is 13.2 Å². The van der Waals surface area contributed by atoms with E-state index in [2.05, 4.69) is 25.1 Å². The third kappa shape index (κ3) is 4.45. The molecule has 0 bridgehead atoms. The number of hydrogen-bond donors (Lipinski definition) is 0. The van der Waals surface area contributed by atoms with Crippen molar-refractivity contribution < 1.29 is 13.2 Å². The molecule has 1 aromatic carbocycles. The summed E-state index contributed by atoms with van der Waals surface area (Å²) in [5.41, 5.74) is 1.57. The van der Waals surface area contributed by atoms with Crippen LogP contribution in [-0.2, 0) is 13.2 Å². The first kappa shape index (κ1) is 23.3. The summed E-state index contributed by atoms with van der Waals surface area (Å²) in [6.45, 7) is 4.68. The van der Waals surface area contributed by atoms with E-state index >= 15 is 0 Å². The van der Waals surface area contributed by atoms with Gasteiger partial charge in [0.1, 0.15) is 5.69 Å². The van der Waals surface area contributed by atoms with Gasteiger partial charge < -0.3 is 9.47 Å². The second kappa shape index (κ2) is 8.96. The standard InChI is InChI=1S/C24H27F3N6S/c1-16-20(29-10-9-28-16)21-30-31-22(32(21)2)34-13-5-11-33-12-8-23(15-33)14-19(23)17-6-3-4-7-18(17)24(25,26)27/h3-4,6-7,9-10,19H,5,8,11-15H2,1-2H3/t19-,23+/m1/s1. The number of nitrogens with zero attached hydrogens (tertiary/aromatic N) is 6. The molecule has 3 heterocycles. The van der Waals surface area contributed by atoms with Crippen LogP contribution in [0.1, 0.15) is 42.0 Å². The molecule has 2 atom stereocenters. The van der Waals surface area contributed by atoms with Crippen molar-refractivity contribution in [3.05, 3.63) is 53.5 Å². The van der Waals surface area contributed by atoms with E-state index in [1.54, 1.807) is 36.3 Å². The summed E-state index contributed by atoms with van der Waals surface area (Å²) in [5, 5.41) is 9.44. The number of rotatable bonds is 7. The van der Waals surface area contributed by atoms with Gasteiger partial charge in [0.2, 0.25) is 0 Å². The van der Waals surface area contributed by atoms with Crippen LogP contribution in [-0.4, -0.2) is 55.0 Å². The Balaban J connectivity index is 1.13. The maximum Gasteiger partial charge on any atom is 0.416 e. The molecule has 5 rings (SSSR count). The van der Waals surface area contributed by atoms with Gasteiger partial charge >= 0.3 is 6.18 Å². The smallest absolute Gasteiger partial charge is 0.304 e. The molecule has 180 valence electrons. The summed E-state index contributed by atoms with van der Waals surface area (Å²) in [6, 6.07) is 6.09. The van der Waals surface area contributed by atoms with E-state index in [9.17, 15) is 13.2 Å². The molecule has 2 aliphatic rings. The second-order valence-corrected chi connectivity index (χ2v) is 10.3. The number of alkyl halides is 3. The number of aryl methyl sites for hydroxylation is 1. The average Bonchev–Trinajstić information content (AvgIpc) is 3.15. The van der Waals surface area contributed by atoms with Crippen LogP contribution < -0.4 is 0 Å². The van der Waals surface area contributed by atoms with Gasteiger partial charge in [-0.05, 0) is 62.2 Å². The van der Waals surface area contributed by atoms with E-state index in [0.717, 1.165) is 61.2 Å². The minimum atomic E-state index is -4.29. The van der Waals surface area contributed by atoms with E-state index in [0.29, 0.717) is 11.4 Å². The van der Waals surface area contributed by atoms with Gasteiger partial charge in [0, 0.05) is 31.7 Å². The van der Waals surface area contributed by atoms with Crippen LogP contribution >= 0.6 is 11.8 Å². The highest BCUT2D eigenvalue weighted by atomic mass is 32.2. The normalized spacial score (nSPS) is 22.6. The zero-order valence-electron chi connectivity index (χ0n) is 19.2. The molecule has 0 N–H and O–H groups in total. The number of benzene rings is 1. The maximum atomic E-state index is 13.4. The molecular formula is C24H27F3N6S. The number of thioether (sulfide) groups is 1. The lowest BCUT2D eigenvalue weighted by Crippen LogP contribution is -2.23. The van der Waals surface area contributed by atoms with Gasteiger partial charge in [0.05, 0.1) is 11.3 Å². The zero-order valence-corrected chi connectivity index (χ0v) is 20.0. The fraction of sp³-hybridized carbons (Fsp3) is 0.500. The van der Waals surface area contributed by atoms with E-state index in [4.69, 9.17) is 0 Å². The number of halogens is 3. The van der Waals surface area contributed by atoms with Gasteiger partial charge in [-0.15, -0.1) is 10.2 Å². The lowest BCUT2D eigenvalue weighted by Gasteiger charge is -2.17. The van der Waals surface area contributed by atoms with E-state index in [1.807, 2.05) is 18.5 Å². The van der Waals surface area contributed by atoms with Crippen LogP contribution in [0.5, 0.6) is 0 Å². The van der Waals surface area contributed by atoms with Gasteiger partial charge in [0.25, 0.3) is 0 Å². The molecule has 6 nitrogen and oxygen atoms in total. The molecule has 1 spiro atoms. The van der Waals surface area contributed by atoms with E-state index in [1.165, 1.54) is 12.1 Å². The fourth-order valence-corrected chi connectivity index (χ4v) is 6.03. The minimum Gasteiger partial charge on any atom is -0.304 e. The van der Waals surface area contributed by atoms with Crippen molar-refractivity contribution >= 4 is 11.8 Å². The van der Waals surface area contributed by atoms with Crippen molar-refractivity contribution in [3.8, 4) is 11.5 Å². The highest BCUT2D eigenvalue weighted by Gasteiger charge is 2.59. The van der Waals surface area contributed by atoms with Crippen molar-refractivity contribution in [3.63, 3.8) is 0 Å². The summed E-state index contributed by atoms with van der Waals surface area (Å²) >= 11 is 1.66. The topological polar surface area (TPSA) is 59.7 Å². The molecule has 1 aliphatic carbocycles.